The van der Waals surface area contributed by atoms with Crippen LogP contribution in [0.3, 0.4) is 0 Å². The van der Waals surface area contributed by atoms with Crippen LogP contribution in [0.25, 0.3) is 0 Å². The minimum atomic E-state index is 0. The lowest BCUT2D eigenvalue weighted by molar-refractivity contribution is -0.120. The fourth-order valence-electron chi connectivity index (χ4n) is 1.54. The molecular formula is C13H22ClN3O. The van der Waals surface area contributed by atoms with Crippen molar-refractivity contribution in [3.63, 3.8) is 0 Å². The summed E-state index contributed by atoms with van der Waals surface area (Å²) < 4.78 is 0. The quantitative estimate of drug-likeness (QED) is 0.819. The van der Waals surface area contributed by atoms with Crippen molar-refractivity contribution < 1.29 is 4.79 Å². The topological polar surface area (TPSA) is 44.4 Å². The van der Waals surface area contributed by atoms with E-state index >= 15 is 0 Å². The molecule has 0 aromatic heterocycles. The summed E-state index contributed by atoms with van der Waals surface area (Å²) in [7, 11) is 3.79. The highest BCUT2D eigenvalue weighted by Crippen LogP contribution is 2.13. The van der Waals surface area contributed by atoms with Crippen LogP contribution >= 0.6 is 12.4 Å². The zero-order valence-corrected chi connectivity index (χ0v) is 12.0. The molecule has 0 radical (unpaired) electrons. The number of carbonyl (C=O) groups excluding carboxylic acids is 1. The number of nitrogens with zero attached hydrogens (tertiary/aromatic N) is 1. The molecule has 0 spiro atoms. The summed E-state index contributed by atoms with van der Waals surface area (Å²) in [6.45, 7) is 3.10. The van der Waals surface area contributed by atoms with Gasteiger partial charge >= 0.3 is 0 Å². The first-order chi connectivity index (χ1) is 8.15. The number of anilines is 1. The Labute approximate surface area is 115 Å². The molecule has 18 heavy (non-hydrogen) atoms. The molecule has 0 aliphatic rings. The number of nitrogens with one attached hydrogen (secondary N) is 2. The summed E-state index contributed by atoms with van der Waals surface area (Å²) in [6, 6.07) is 10.4. The van der Waals surface area contributed by atoms with Crippen molar-refractivity contribution in [3.8, 4) is 0 Å². The van der Waals surface area contributed by atoms with Gasteiger partial charge in [0.1, 0.15) is 0 Å². The van der Waals surface area contributed by atoms with Gasteiger partial charge in [-0.05, 0) is 26.1 Å². The van der Waals surface area contributed by atoms with Gasteiger partial charge in [-0.15, -0.1) is 12.4 Å². The Balaban J connectivity index is 0.00000289. The lowest BCUT2D eigenvalue weighted by atomic mass is 10.2. The van der Waals surface area contributed by atoms with Gasteiger partial charge in [0.05, 0.1) is 6.54 Å². The van der Waals surface area contributed by atoms with Gasteiger partial charge in [-0.1, -0.05) is 18.2 Å². The Morgan fingerprint density at radius 2 is 1.94 bits per heavy atom. The number of benzene rings is 1. The Hall–Kier alpha value is -1.26. The normalized spacial score (nSPS) is 11.3. The highest BCUT2D eigenvalue weighted by Gasteiger charge is 2.10. The number of hydrogen-bond acceptors (Lipinski definition) is 3. The van der Waals surface area contributed by atoms with E-state index in [1.165, 1.54) is 0 Å². The van der Waals surface area contributed by atoms with Crippen LogP contribution in [0.5, 0.6) is 0 Å². The molecule has 1 unspecified atom stereocenters. The molecule has 0 saturated heterocycles. The van der Waals surface area contributed by atoms with Gasteiger partial charge in [0.25, 0.3) is 0 Å². The molecule has 1 atom stereocenters. The van der Waals surface area contributed by atoms with Gasteiger partial charge in [0.15, 0.2) is 0 Å². The van der Waals surface area contributed by atoms with Crippen LogP contribution in [0.2, 0.25) is 0 Å². The molecule has 0 aliphatic heterocycles. The van der Waals surface area contributed by atoms with Crippen LogP contribution in [-0.2, 0) is 4.79 Å². The number of likely N-dealkylation sites (N-methyl/N-ethyl adjacent to an activating group) is 2. The van der Waals surface area contributed by atoms with Gasteiger partial charge in [-0.2, -0.15) is 0 Å². The number of halogens is 1. The molecule has 4 nitrogen and oxygen atoms in total. The van der Waals surface area contributed by atoms with Crippen LogP contribution in [0, 0.1) is 0 Å². The number of amides is 1. The minimum absolute atomic E-state index is 0. The van der Waals surface area contributed by atoms with Crippen molar-refractivity contribution in [2.75, 3.05) is 32.1 Å². The average molecular weight is 272 g/mol. The van der Waals surface area contributed by atoms with Crippen LogP contribution in [-0.4, -0.2) is 39.1 Å². The van der Waals surface area contributed by atoms with E-state index in [1.54, 1.807) is 7.05 Å². The van der Waals surface area contributed by atoms with E-state index in [2.05, 4.69) is 34.6 Å². The van der Waals surface area contributed by atoms with E-state index in [0.717, 1.165) is 5.69 Å². The molecule has 1 aromatic carbocycles. The molecule has 2 N–H and O–H groups in total. The molecule has 0 heterocycles. The molecular weight excluding hydrogens is 250 g/mol. The first kappa shape index (κ1) is 16.7. The summed E-state index contributed by atoms with van der Waals surface area (Å²) in [5.41, 5.74) is 1.16. The summed E-state index contributed by atoms with van der Waals surface area (Å²) in [5.74, 6) is 0.0285. The van der Waals surface area contributed by atoms with Gasteiger partial charge < -0.3 is 15.5 Å². The van der Waals surface area contributed by atoms with Crippen LogP contribution in [0.15, 0.2) is 30.3 Å². The molecule has 5 heteroatoms. The number of carbonyl (C=O) groups is 1. The van der Waals surface area contributed by atoms with Crippen LogP contribution in [0.1, 0.15) is 6.92 Å². The number of hydrogen-bond donors (Lipinski definition) is 2. The van der Waals surface area contributed by atoms with E-state index < -0.39 is 0 Å². The Bertz CT molecular complexity index is 345. The third kappa shape index (κ3) is 5.38. The van der Waals surface area contributed by atoms with Gasteiger partial charge in [-0.3, -0.25) is 4.79 Å². The van der Waals surface area contributed by atoms with Crippen molar-refractivity contribution in [1.82, 2.24) is 10.6 Å². The average Bonchev–Trinajstić information content (AvgIpc) is 2.36. The molecule has 102 valence electrons. The molecule has 0 saturated carbocycles. The van der Waals surface area contributed by atoms with Crippen molar-refractivity contribution in [3.05, 3.63) is 30.3 Å². The van der Waals surface area contributed by atoms with E-state index in [1.807, 2.05) is 25.2 Å². The molecule has 0 bridgehead atoms. The van der Waals surface area contributed by atoms with Crippen LogP contribution in [0.4, 0.5) is 5.69 Å². The first-order valence-corrected chi connectivity index (χ1v) is 5.84. The van der Waals surface area contributed by atoms with E-state index in [9.17, 15) is 4.79 Å². The second kappa shape index (κ2) is 8.78. The SMILES string of the molecule is CNCC(=O)NCC(C)N(C)c1ccccc1.Cl. The van der Waals surface area contributed by atoms with E-state index in [0.29, 0.717) is 13.1 Å². The molecule has 0 fully saturated rings. The highest BCUT2D eigenvalue weighted by atomic mass is 35.5. The third-order valence-corrected chi connectivity index (χ3v) is 2.76. The summed E-state index contributed by atoms with van der Waals surface area (Å²) in [6.07, 6.45) is 0. The molecule has 1 amide bonds. The van der Waals surface area contributed by atoms with Gasteiger partial charge in [0.2, 0.25) is 5.91 Å². The maximum Gasteiger partial charge on any atom is 0.234 e. The predicted octanol–water partition coefficient (Wildman–Crippen LogP) is 1.27. The fraction of sp³-hybridized carbons (Fsp3) is 0.462. The van der Waals surface area contributed by atoms with E-state index in [4.69, 9.17) is 0 Å². The maximum atomic E-state index is 11.3. The molecule has 0 aliphatic carbocycles. The van der Waals surface area contributed by atoms with Crippen molar-refractivity contribution in [2.24, 2.45) is 0 Å². The molecule has 1 aromatic rings. The smallest absolute Gasteiger partial charge is 0.234 e. The maximum absolute atomic E-state index is 11.3. The standard InChI is InChI=1S/C13H21N3O.ClH/c1-11(9-15-13(17)10-14-2)16(3)12-7-5-4-6-8-12;/h4-8,11,14H,9-10H2,1-3H3,(H,15,17);1H. The van der Waals surface area contributed by atoms with Crippen molar-refractivity contribution >= 4 is 24.0 Å². The van der Waals surface area contributed by atoms with Crippen molar-refractivity contribution in [1.29, 1.82) is 0 Å². The second-order valence-electron chi connectivity index (χ2n) is 4.13. The largest absolute Gasteiger partial charge is 0.370 e. The lowest BCUT2D eigenvalue weighted by Crippen LogP contribution is -2.42. The summed E-state index contributed by atoms with van der Waals surface area (Å²) in [5, 5.41) is 5.72. The third-order valence-electron chi connectivity index (χ3n) is 2.76. The number of para-hydroxylation sites is 1. The monoisotopic (exact) mass is 271 g/mol. The summed E-state index contributed by atoms with van der Waals surface area (Å²) >= 11 is 0. The van der Waals surface area contributed by atoms with E-state index in [-0.39, 0.29) is 24.4 Å². The highest BCUT2D eigenvalue weighted by molar-refractivity contribution is 5.85. The Kier molecular flexibility index (Phi) is 8.16. The predicted molar refractivity (Wildman–Crippen MR) is 78.5 cm³/mol. The second-order valence-corrected chi connectivity index (χ2v) is 4.13. The zero-order valence-electron chi connectivity index (χ0n) is 11.1. The van der Waals surface area contributed by atoms with Crippen LogP contribution < -0.4 is 15.5 Å². The fourth-order valence-corrected chi connectivity index (χ4v) is 1.54. The van der Waals surface area contributed by atoms with Crippen molar-refractivity contribution in [2.45, 2.75) is 13.0 Å². The van der Waals surface area contributed by atoms with Gasteiger partial charge in [0, 0.05) is 25.3 Å². The van der Waals surface area contributed by atoms with Gasteiger partial charge in [-0.25, -0.2) is 0 Å². The first-order valence-electron chi connectivity index (χ1n) is 5.84. The Morgan fingerprint density at radius 3 is 2.50 bits per heavy atom. The minimum Gasteiger partial charge on any atom is -0.370 e. The summed E-state index contributed by atoms with van der Waals surface area (Å²) in [4.78, 5) is 13.5. The Morgan fingerprint density at radius 1 is 1.33 bits per heavy atom. The molecule has 1 rings (SSSR count). The number of rotatable bonds is 6. The zero-order chi connectivity index (χ0) is 12.7. The lowest BCUT2D eigenvalue weighted by Gasteiger charge is -2.27.